The Bertz CT molecular complexity index is 259. The molecule has 18 heavy (non-hydrogen) atoms. The number of hydrogen-bond acceptors (Lipinski definition) is 2. The summed E-state index contributed by atoms with van der Waals surface area (Å²) in [7, 11) is 0. The predicted octanol–water partition coefficient (Wildman–Crippen LogP) is 2.73. The highest BCUT2D eigenvalue weighted by Gasteiger charge is 2.30. The fraction of sp³-hybridized carbons (Fsp3) is 0.929. The largest absolute Gasteiger partial charge is 0.337 e. The van der Waals surface area contributed by atoms with Gasteiger partial charge in [0.1, 0.15) is 0 Å². The molecule has 0 radical (unpaired) electrons. The van der Waals surface area contributed by atoms with Crippen molar-refractivity contribution in [3.05, 3.63) is 0 Å². The molecule has 1 unspecified atom stereocenters. The van der Waals surface area contributed by atoms with Crippen molar-refractivity contribution < 1.29 is 4.79 Å². The van der Waals surface area contributed by atoms with Gasteiger partial charge >= 0.3 is 0 Å². The Labute approximate surface area is 117 Å². The normalized spacial score (nSPS) is 24.3. The predicted molar refractivity (Wildman–Crippen MR) is 77.1 cm³/mol. The molecule has 0 aromatic carbocycles. The summed E-state index contributed by atoms with van der Waals surface area (Å²) >= 11 is 0. The van der Waals surface area contributed by atoms with Gasteiger partial charge in [-0.15, -0.1) is 12.4 Å². The molecular weight excluding hydrogens is 248 g/mol. The maximum atomic E-state index is 12.4. The SMILES string of the molecule is CC(C)N(C(=O)CC1CCCN1)C1CCCC1.Cl. The second-order valence-corrected chi connectivity index (χ2v) is 5.83. The number of nitrogens with one attached hydrogen (secondary N) is 1. The summed E-state index contributed by atoms with van der Waals surface area (Å²) in [5, 5.41) is 3.42. The quantitative estimate of drug-likeness (QED) is 0.855. The molecule has 106 valence electrons. The molecule has 0 aromatic rings. The Hall–Kier alpha value is -0.280. The molecular formula is C14H27ClN2O. The van der Waals surface area contributed by atoms with Crippen molar-refractivity contribution in [1.82, 2.24) is 10.2 Å². The van der Waals surface area contributed by atoms with Crippen LogP contribution in [0.4, 0.5) is 0 Å². The molecule has 3 nitrogen and oxygen atoms in total. The van der Waals surface area contributed by atoms with Crippen LogP contribution < -0.4 is 5.32 Å². The van der Waals surface area contributed by atoms with Crippen molar-refractivity contribution >= 4 is 18.3 Å². The van der Waals surface area contributed by atoms with Gasteiger partial charge in [-0.3, -0.25) is 4.79 Å². The molecule has 0 aromatic heterocycles. The number of carbonyl (C=O) groups is 1. The van der Waals surface area contributed by atoms with E-state index in [1.54, 1.807) is 0 Å². The molecule has 2 fully saturated rings. The van der Waals surface area contributed by atoms with Crippen LogP contribution in [-0.4, -0.2) is 35.5 Å². The van der Waals surface area contributed by atoms with Gasteiger partial charge in [-0.25, -0.2) is 0 Å². The zero-order valence-corrected chi connectivity index (χ0v) is 12.5. The van der Waals surface area contributed by atoms with E-state index in [4.69, 9.17) is 0 Å². The minimum atomic E-state index is 0. The van der Waals surface area contributed by atoms with Crippen molar-refractivity contribution in [2.24, 2.45) is 0 Å². The van der Waals surface area contributed by atoms with Crippen LogP contribution in [-0.2, 0) is 4.79 Å². The molecule has 0 spiro atoms. The van der Waals surface area contributed by atoms with E-state index in [0.29, 0.717) is 30.5 Å². The lowest BCUT2D eigenvalue weighted by Crippen LogP contribution is -2.45. The average Bonchev–Trinajstić information content (AvgIpc) is 2.89. The molecule has 0 bridgehead atoms. The summed E-state index contributed by atoms with van der Waals surface area (Å²) in [5.41, 5.74) is 0. The van der Waals surface area contributed by atoms with Gasteiger partial charge in [0.15, 0.2) is 0 Å². The second kappa shape index (κ2) is 7.34. The standard InChI is InChI=1S/C14H26N2O.ClH/c1-11(2)16(13-7-3-4-8-13)14(17)10-12-6-5-9-15-12;/h11-13,15H,3-10H2,1-2H3;1H. The number of halogens is 1. The van der Waals surface area contributed by atoms with E-state index in [1.807, 2.05) is 0 Å². The molecule has 2 rings (SSSR count). The fourth-order valence-electron chi connectivity index (χ4n) is 3.34. The van der Waals surface area contributed by atoms with Crippen LogP contribution in [0.2, 0.25) is 0 Å². The van der Waals surface area contributed by atoms with E-state index in [-0.39, 0.29) is 12.4 Å². The van der Waals surface area contributed by atoms with Gasteiger partial charge in [-0.2, -0.15) is 0 Å². The van der Waals surface area contributed by atoms with E-state index in [9.17, 15) is 4.79 Å². The summed E-state index contributed by atoms with van der Waals surface area (Å²) in [4.78, 5) is 14.6. The minimum absolute atomic E-state index is 0. The van der Waals surface area contributed by atoms with Crippen LogP contribution in [0.3, 0.4) is 0 Å². The zero-order chi connectivity index (χ0) is 12.3. The lowest BCUT2D eigenvalue weighted by atomic mass is 10.1. The molecule has 4 heteroatoms. The molecule has 1 aliphatic heterocycles. The second-order valence-electron chi connectivity index (χ2n) is 5.83. The molecule has 1 saturated heterocycles. The Kier molecular flexibility index (Phi) is 6.44. The first kappa shape index (κ1) is 15.8. The lowest BCUT2D eigenvalue weighted by molar-refractivity contribution is -0.135. The number of amides is 1. The van der Waals surface area contributed by atoms with Crippen molar-refractivity contribution in [1.29, 1.82) is 0 Å². The van der Waals surface area contributed by atoms with Gasteiger partial charge in [0, 0.05) is 24.5 Å². The summed E-state index contributed by atoms with van der Waals surface area (Å²) in [5.74, 6) is 0.367. The molecule has 2 aliphatic rings. The van der Waals surface area contributed by atoms with E-state index < -0.39 is 0 Å². The van der Waals surface area contributed by atoms with Gasteiger partial charge in [0.05, 0.1) is 0 Å². The van der Waals surface area contributed by atoms with Crippen LogP contribution in [0.5, 0.6) is 0 Å². The fourth-order valence-corrected chi connectivity index (χ4v) is 3.34. The molecule has 1 aliphatic carbocycles. The van der Waals surface area contributed by atoms with Gasteiger partial charge < -0.3 is 10.2 Å². The Morgan fingerprint density at radius 3 is 2.39 bits per heavy atom. The molecule has 1 N–H and O–H groups in total. The first-order chi connectivity index (χ1) is 8.18. The Morgan fingerprint density at radius 1 is 1.22 bits per heavy atom. The van der Waals surface area contributed by atoms with E-state index >= 15 is 0 Å². The highest BCUT2D eigenvalue weighted by atomic mass is 35.5. The summed E-state index contributed by atoms with van der Waals surface area (Å²) < 4.78 is 0. The van der Waals surface area contributed by atoms with E-state index in [1.165, 1.54) is 38.5 Å². The van der Waals surface area contributed by atoms with Crippen molar-refractivity contribution in [2.75, 3.05) is 6.54 Å². The molecule has 1 amide bonds. The number of rotatable bonds is 4. The van der Waals surface area contributed by atoms with Gasteiger partial charge in [0.25, 0.3) is 0 Å². The molecule has 1 atom stereocenters. The first-order valence-electron chi connectivity index (χ1n) is 7.23. The van der Waals surface area contributed by atoms with Crippen LogP contribution in [0.25, 0.3) is 0 Å². The van der Waals surface area contributed by atoms with Crippen molar-refractivity contribution in [3.8, 4) is 0 Å². The highest BCUT2D eigenvalue weighted by molar-refractivity contribution is 5.85. The van der Waals surface area contributed by atoms with Crippen LogP contribution in [0.15, 0.2) is 0 Å². The van der Waals surface area contributed by atoms with E-state index in [0.717, 1.165) is 6.54 Å². The third-order valence-electron chi connectivity index (χ3n) is 4.15. The van der Waals surface area contributed by atoms with Gasteiger partial charge in [0.2, 0.25) is 5.91 Å². The van der Waals surface area contributed by atoms with E-state index in [2.05, 4.69) is 24.1 Å². The maximum Gasteiger partial charge on any atom is 0.224 e. The molecule has 1 heterocycles. The third-order valence-corrected chi connectivity index (χ3v) is 4.15. The number of carbonyl (C=O) groups excluding carboxylic acids is 1. The topological polar surface area (TPSA) is 32.3 Å². The summed E-state index contributed by atoms with van der Waals surface area (Å²) in [6.07, 6.45) is 8.11. The first-order valence-corrected chi connectivity index (χ1v) is 7.23. The van der Waals surface area contributed by atoms with Crippen molar-refractivity contribution in [3.63, 3.8) is 0 Å². The van der Waals surface area contributed by atoms with Gasteiger partial charge in [-0.1, -0.05) is 12.8 Å². The van der Waals surface area contributed by atoms with Crippen LogP contribution in [0.1, 0.15) is 58.8 Å². The summed E-state index contributed by atoms with van der Waals surface area (Å²) in [6, 6.07) is 1.31. The Balaban J connectivity index is 0.00000162. The van der Waals surface area contributed by atoms with Crippen LogP contribution in [0, 0.1) is 0 Å². The third kappa shape index (κ3) is 3.86. The maximum absolute atomic E-state index is 12.4. The van der Waals surface area contributed by atoms with Crippen molar-refractivity contribution in [2.45, 2.75) is 76.9 Å². The average molecular weight is 275 g/mol. The number of hydrogen-bond donors (Lipinski definition) is 1. The lowest BCUT2D eigenvalue weighted by Gasteiger charge is -2.33. The monoisotopic (exact) mass is 274 g/mol. The minimum Gasteiger partial charge on any atom is -0.337 e. The highest BCUT2D eigenvalue weighted by Crippen LogP contribution is 2.26. The summed E-state index contributed by atoms with van der Waals surface area (Å²) in [6.45, 7) is 5.39. The van der Waals surface area contributed by atoms with Gasteiger partial charge in [-0.05, 0) is 46.1 Å². The number of nitrogens with zero attached hydrogens (tertiary/aromatic N) is 1. The smallest absolute Gasteiger partial charge is 0.224 e. The molecule has 1 saturated carbocycles. The van der Waals surface area contributed by atoms with Crippen LogP contribution >= 0.6 is 12.4 Å². The Morgan fingerprint density at radius 2 is 1.89 bits per heavy atom. The zero-order valence-electron chi connectivity index (χ0n) is 11.7.